The van der Waals surface area contributed by atoms with Crippen molar-refractivity contribution < 1.29 is 17.9 Å². The zero-order valence-electron chi connectivity index (χ0n) is 15.3. The number of terminal acetylenes is 1. The fourth-order valence-corrected chi connectivity index (χ4v) is 3.26. The van der Waals surface area contributed by atoms with Crippen LogP contribution in [0.25, 0.3) is 0 Å². The van der Waals surface area contributed by atoms with E-state index in [4.69, 9.17) is 11.2 Å². The third-order valence-electron chi connectivity index (χ3n) is 3.81. The minimum atomic E-state index is -3.67. The molecule has 0 fully saturated rings. The topological polar surface area (TPSA) is 75.7 Å². The summed E-state index contributed by atoms with van der Waals surface area (Å²) >= 11 is 0. The Balaban J connectivity index is 1.93. The molecule has 0 aliphatic rings. The number of amides is 1. The number of benzene rings is 2. The van der Waals surface area contributed by atoms with Gasteiger partial charge in [-0.05, 0) is 48.9 Å². The van der Waals surface area contributed by atoms with Gasteiger partial charge in [0, 0.05) is 12.6 Å². The van der Waals surface area contributed by atoms with Crippen LogP contribution in [0.15, 0.2) is 53.4 Å². The molecule has 0 heterocycles. The number of carbonyl (C=O) groups is 1. The molecule has 27 heavy (non-hydrogen) atoms. The van der Waals surface area contributed by atoms with Crippen LogP contribution in [-0.4, -0.2) is 46.0 Å². The van der Waals surface area contributed by atoms with E-state index in [2.05, 4.69) is 10.6 Å². The highest BCUT2D eigenvalue weighted by Gasteiger charge is 2.16. The van der Waals surface area contributed by atoms with E-state index in [1.807, 2.05) is 31.2 Å². The average molecular weight is 386 g/mol. The molecule has 0 saturated heterocycles. The standard InChI is InChI=1S/C20H22N2O4S/c1-4-12-21-27(24,25)19-10-8-17(9-11-19)20(23)22(3)13-14-26-18-7-5-6-16(2)15-18/h1,5-11,15,21H,12-14H2,2-3H3. The zero-order valence-corrected chi connectivity index (χ0v) is 16.1. The highest BCUT2D eigenvalue weighted by Crippen LogP contribution is 2.13. The first-order valence-electron chi connectivity index (χ1n) is 8.31. The molecule has 1 N–H and O–H groups in total. The molecule has 0 saturated carbocycles. The van der Waals surface area contributed by atoms with E-state index in [1.54, 1.807) is 7.05 Å². The Morgan fingerprint density at radius 1 is 1.22 bits per heavy atom. The van der Waals surface area contributed by atoms with Gasteiger partial charge in [0.15, 0.2) is 0 Å². The van der Waals surface area contributed by atoms with E-state index in [1.165, 1.54) is 29.2 Å². The van der Waals surface area contributed by atoms with Crippen LogP contribution >= 0.6 is 0 Å². The van der Waals surface area contributed by atoms with Gasteiger partial charge >= 0.3 is 0 Å². The lowest BCUT2D eigenvalue weighted by atomic mass is 10.2. The van der Waals surface area contributed by atoms with Crippen molar-refractivity contribution in [1.82, 2.24) is 9.62 Å². The summed E-state index contributed by atoms with van der Waals surface area (Å²) in [5.74, 6) is 2.74. The number of hydrogen-bond acceptors (Lipinski definition) is 4. The van der Waals surface area contributed by atoms with E-state index < -0.39 is 10.0 Å². The van der Waals surface area contributed by atoms with E-state index in [0.29, 0.717) is 18.7 Å². The van der Waals surface area contributed by atoms with Crippen LogP contribution in [0.3, 0.4) is 0 Å². The summed E-state index contributed by atoms with van der Waals surface area (Å²) in [5, 5.41) is 0. The lowest BCUT2D eigenvalue weighted by Crippen LogP contribution is -2.31. The molecule has 0 atom stereocenters. The van der Waals surface area contributed by atoms with Gasteiger partial charge in [-0.1, -0.05) is 18.1 Å². The Bertz CT molecular complexity index is 931. The molecule has 7 heteroatoms. The first kappa shape index (κ1) is 20.5. The predicted molar refractivity (Wildman–Crippen MR) is 104 cm³/mol. The molecule has 2 rings (SSSR count). The molecular weight excluding hydrogens is 364 g/mol. The smallest absolute Gasteiger partial charge is 0.253 e. The highest BCUT2D eigenvalue weighted by molar-refractivity contribution is 7.89. The lowest BCUT2D eigenvalue weighted by Gasteiger charge is -2.18. The van der Waals surface area contributed by atoms with Gasteiger partial charge in [0.25, 0.3) is 5.91 Å². The van der Waals surface area contributed by atoms with Crippen molar-refractivity contribution in [3.8, 4) is 18.1 Å². The third-order valence-corrected chi connectivity index (χ3v) is 5.22. The van der Waals surface area contributed by atoms with E-state index in [-0.39, 0.29) is 17.3 Å². The molecule has 0 aliphatic carbocycles. The van der Waals surface area contributed by atoms with Gasteiger partial charge in [-0.15, -0.1) is 6.42 Å². The molecule has 0 radical (unpaired) electrons. The van der Waals surface area contributed by atoms with Gasteiger partial charge in [0.05, 0.1) is 18.0 Å². The molecule has 2 aromatic carbocycles. The SMILES string of the molecule is C#CCNS(=O)(=O)c1ccc(C(=O)N(C)CCOc2cccc(C)c2)cc1. The summed E-state index contributed by atoms with van der Waals surface area (Å²) < 4.78 is 31.9. The minimum absolute atomic E-state index is 0.0553. The van der Waals surface area contributed by atoms with Crippen molar-refractivity contribution in [2.45, 2.75) is 11.8 Å². The van der Waals surface area contributed by atoms with Gasteiger partial charge in [-0.25, -0.2) is 8.42 Å². The van der Waals surface area contributed by atoms with Gasteiger partial charge in [-0.2, -0.15) is 4.72 Å². The fourth-order valence-electron chi connectivity index (χ4n) is 2.32. The van der Waals surface area contributed by atoms with Gasteiger partial charge in [0.2, 0.25) is 10.0 Å². The predicted octanol–water partition coefficient (Wildman–Crippen LogP) is 2.06. The Labute approximate surface area is 160 Å². The van der Waals surface area contributed by atoms with Crippen LogP contribution in [0.4, 0.5) is 0 Å². The van der Waals surface area contributed by atoms with E-state index in [0.717, 1.165) is 11.3 Å². The molecule has 0 unspecified atom stereocenters. The maximum absolute atomic E-state index is 12.5. The number of hydrogen-bond donors (Lipinski definition) is 1. The normalized spacial score (nSPS) is 10.9. The Kier molecular flexibility index (Phi) is 6.99. The number of nitrogens with one attached hydrogen (secondary N) is 1. The second-order valence-corrected chi connectivity index (χ2v) is 7.71. The van der Waals surface area contributed by atoms with Crippen LogP contribution in [0.1, 0.15) is 15.9 Å². The highest BCUT2D eigenvalue weighted by atomic mass is 32.2. The van der Waals surface area contributed by atoms with Crippen molar-refractivity contribution in [2.75, 3.05) is 26.7 Å². The number of ether oxygens (including phenoxy) is 1. The largest absolute Gasteiger partial charge is 0.492 e. The van der Waals surface area contributed by atoms with Crippen LogP contribution in [0.2, 0.25) is 0 Å². The molecule has 6 nitrogen and oxygen atoms in total. The minimum Gasteiger partial charge on any atom is -0.492 e. The number of carbonyl (C=O) groups excluding carboxylic acids is 1. The summed E-state index contributed by atoms with van der Waals surface area (Å²) in [6.45, 7) is 2.64. The third kappa shape index (κ3) is 5.84. The molecule has 1 amide bonds. The number of rotatable bonds is 8. The van der Waals surface area contributed by atoms with Gasteiger partial charge in [-0.3, -0.25) is 4.79 Å². The molecule has 2 aromatic rings. The average Bonchev–Trinajstić information content (AvgIpc) is 2.66. The lowest BCUT2D eigenvalue weighted by molar-refractivity contribution is 0.0773. The van der Waals surface area contributed by atoms with Crippen molar-refractivity contribution in [3.05, 3.63) is 59.7 Å². The molecular formula is C20H22N2O4S. The Morgan fingerprint density at radius 2 is 1.93 bits per heavy atom. The van der Waals surface area contributed by atoms with Crippen LogP contribution in [0.5, 0.6) is 5.75 Å². The van der Waals surface area contributed by atoms with Crippen molar-refractivity contribution in [1.29, 1.82) is 0 Å². The van der Waals surface area contributed by atoms with E-state index in [9.17, 15) is 13.2 Å². The molecule has 0 spiro atoms. The Hall–Kier alpha value is -2.82. The van der Waals surface area contributed by atoms with Crippen LogP contribution in [0, 0.1) is 19.3 Å². The van der Waals surface area contributed by atoms with E-state index >= 15 is 0 Å². The molecule has 142 valence electrons. The molecule has 0 bridgehead atoms. The summed E-state index contributed by atoms with van der Waals surface area (Å²) in [4.78, 5) is 14.0. The molecule has 0 aromatic heterocycles. The second kappa shape index (κ2) is 9.21. The first-order chi connectivity index (χ1) is 12.8. The quantitative estimate of drug-likeness (QED) is 0.705. The maximum Gasteiger partial charge on any atom is 0.253 e. The maximum atomic E-state index is 12.5. The number of aryl methyl sites for hydroxylation is 1. The summed E-state index contributed by atoms with van der Waals surface area (Å²) in [6.07, 6.45) is 5.06. The zero-order chi connectivity index (χ0) is 19.9. The van der Waals surface area contributed by atoms with Crippen LogP contribution < -0.4 is 9.46 Å². The number of likely N-dealkylation sites (N-methyl/N-ethyl adjacent to an activating group) is 1. The first-order valence-corrected chi connectivity index (χ1v) is 9.80. The summed E-state index contributed by atoms with van der Waals surface area (Å²) in [7, 11) is -2.00. The fraction of sp³-hybridized carbons (Fsp3) is 0.250. The monoisotopic (exact) mass is 386 g/mol. The number of sulfonamides is 1. The summed E-state index contributed by atoms with van der Waals surface area (Å²) in [5.41, 5.74) is 1.49. The van der Waals surface area contributed by atoms with Crippen molar-refractivity contribution in [3.63, 3.8) is 0 Å². The number of nitrogens with zero attached hydrogens (tertiary/aromatic N) is 1. The summed E-state index contributed by atoms with van der Waals surface area (Å²) in [6, 6.07) is 13.4. The second-order valence-electron chi connectivity index (χ2n) is 5.94. The van der Waals surface area contributed by atoms with Crippen molar-refractivity contribution in [2.24, 2.45) is 0 Å². The van der Waals surface area contributed by atoms with Crippen LogP contribution in [-0.2, 0) is 10.0 Å². The van der Waals surface area contributed by atoms with Crippen molar-refractivity contribution >= 4 is 15.9 Å². The van der Waals surface area contributed by atoms with Gasteiger partial charge < -0.3 is 9.64 Å². The Morgan fingerprint density at radius 3 is 2.56 bits per heavy atom. The van der Waals surface area contributed by atoms with Gasteiger partial charge in [0.1, 0.15) is 12.4 Å². The molecule has 0 aliphatic heterocycles.